The van der Waals surface area contributed by atoms with Crippen LogP contribution < -0.4 is 11.1 Å². The lowest BCUT2D eigenvalue weighted by Gasteiger charge is -2.07. The van der Waals surface area contributed by atoms with Gasteiger partial charge in [-0.25, -0.2) is 4.98 Å². The van der Waals surface area contributed by atoms with Crippen molar-refractivity contribution in [2.24, 2.45) is 11.7 Å². The van der Waals surface area contributed by atoms with E-state index in [1.54, 1.807) is 5.38 Å². The Hall–Kier alpha value is -0.980. The number of aromatic nitrogens is 1. The van der Waals surface area contributed by atoms with Gasteiger partial charge in [-0.3, -0.25) is 4.79 Å². The number of thiazole rings is 1. The van der Waals surface area contributed by atoms with Crippen LogP contribution >= 0.6 is 11.3 Å². The maximum absolute atomic E-state index is 11.7. The maximum atomic E-state index is 11.7. The standard InChI is InChI=1S/C12H21N3O2S/c1-9(2)7-17-6-5-14-12(16)10-8-18-11(15-10)3-4-13/h8-9H,3-7,13H2,1-2H3,(H,14,16). The minimum atomic E-state index is -0.150. The molecular formula is C12H21N3O2S. The Bertz CT molecular complexity index is 366. The molecule has 5 nitrogen and oxygen atoms in total. The fourth-order valence-corrected chi connectivity index (χ4v) is 2.09. The van der Waals surface area contributed by atoms with Crippen molar-refractivity contribution in [2.75, 3.05) is 26.3 Å². The van der Waals surface area contributed by atoms with Crippen molar-refractivity contribution < 1.29 is 9.53 Å². The molecule has 102 valence electrons. The predicted octanol–water partition coefficient (Wildman–Crippen LogP) is 1.05. The van der Waals surface area contributed by atoms with Gasteiger partial charge in [-0.2, -0.15) is 0 Å². The molecule has 1 rings (SSSR count). The van der Waals surface area contributed by atoms with E-state index in [-0.39, 0.29) is 5.91 Å². The first kappa shape index (κ1) is 15.1. The number of hydrogen-bond acceptors (Lipinski definition) is 5. The highest BCUT2D eigenvalue weighted by Gasteiger charge is 2.09. The molecule has 1 aromatic rings. The van der Waals surface area contributed by atoms with Crippen LogP contribution in [0, 0.1) is 5.92 Å². The monoisotopic (exact) mass is 271 g/mol. The lowest BCUT2D eigenvalue weighted by molar-refractivity contribution is 0.0882. The summed E-state index contributed by atoms with van der Waals surface area (Å²) in [6.07, 6.45) is 0.718. The molecule has 18 heavy (non-hydrogen) atoms. The van der Waals surface area contributed by atoms with Crippen molar-refractivity contribution in [1.82, 2.24) is 10.3 Å². The van der Waals surface area contributed by atoms with E-state index in [1.807, 2.05) is 0 Å². The normalized spacial score (nSPS) is 10.9. The molecule has 0 bridgehead atoms. The Labute approximate surface area is 112 Å². The Morgan fingerprint density at radius 3 is 3.06 bits per heavy atom. The van der Waals surface area contributed by atoms with Gasteiger partial charge >= 0.3 is 0 Å². The van der Waals surface area contributed by atoms with Crippen molar-refractivity contribution in [2.45, 2.75) is 20.3 Å². The van der Waals surface area contributed by atoms with Gasteiger partial charge in [-0.1, -0.05) is 13.8 Å². The van der Waals surface area contributed by atoms with Crippen molar-refractivity contribution in [3.05, 3.63) is 16.1 Å². The number of amides is 1. The highest BCUT2D eigenvalue weighted by Crippen LogP contribution is 2.09. The van der Waals surface area contributed by atoms with Crippen LogP contribution in [0.5, 0.6) is 0 Å². The zero-order valence-corrected chi connectivity index (χ0v) is 11.8. The topological polar surface area (TPSA) is 77.2 Å². The van der Waals surface area contributed by atoms with Crippen LogP contribution in [-0.4, -0.2) is 37.2 Å². The minimum absolute atomic E-state index is 0.150. The molecule has 3 N–H and O–H groups in total. The van der Waals surface area contributed by atoms with E-state index in [0.29, 0.717) is 37.9 Å². The van der Waals surface area contributed by atoms with Crippen molar-refractivity contribution in [3.63, 3.8) is 0 Å². The average molecular weight is 271 g/mol. The largest absolute Gasteiger partial charge is 0.379 e. The molecule has 1 amide bonds. The summed E-state index contributed by atoms with van der Waals surface area (Å²) in [7, 11) is 0. The molecule has 0 aliphatic heterocycles. The molecule has 6 heteroatoms. The van der Waals surface area contributed by atoms with E-state index in [4.69, 9.17) is 10.5 Å². The molecule has 0 saturated carbocycles. The molecule has 0 unspecified atom stereocenters. The average Bonchev–Trinajstić information content (AvgIpc) is 2.77. The summed E-state index contributed by atoms with van der Waals surface area (Å²) in [6, 6.07) is 0. The molecule has 0 aromatic carbocycles. The van der Waals surface area contributed by atoms with Gasteiger partial charge in [0.05, 0.1) is 11.6 Å². The Morgan fingerprint density at radius 1 is 1.61 bits per heavy atom. The Morgan fingerprint density at radius 2 is 2.39 bits per heavy atom. The second-order valence-corrected chi connectivity index (χ2v) is 5.33. The first-order valence-electron chi connectivity index (χ1n) is 6.14. The third kappa shape index (κ3) is 5.57. The first-order chi connectivity index (χ1) is 8.63. The number of ether oxygens (including phenoxy) is 1. The summed E-state index contributed by atoms with van der Waals surface area (Å²) in [4.78, 5) is 15.9. The summed E-state index contributed by atoms with van der Waals surface area (Å²) < 4.78 is 5.38. The molecule has 0 spiro atoms. The second-order valence-electron chi connectivity index (χ2n) is 4.39. The van der Waals surface area contributed by atoms with Gasteiger partial charge in [0.2, 0.25) is 0 Å². The molecule has 0 saturated heterocycles. The molecule has 0 aliphatic rings. The number of carbonyl (C=O) groups is 1. The maximum Gasteiger partial charge on any atom is 0.270 e. The highest BCUT2D eigenvalue weighted by atomic mass is 32.1. The molecule has 0 atom stereocenters. The molecular weight excluding hydrogens is 250 g/mol. The fourth-order valence-electron chi connectivity index (χ4n) is 1.30. The fraction of sp³-hybridized carbons (Fsp3) is 0.667. The van der Waals surface area contributed by atoms with Crippen LogP contribution in [0.2, 0.25) is 0 Å². The summed E-state index contributed by atoms with van der Waals surface area (Å²) >= 11 is 1.47. The van der Waals surface area contributed by atoms with E-state index in [1.165, 1.54) is 11.3 Å². The predicted molar refractivity (Wildman–Crippen MR) is 72.9 cm³/mol. The quantitative estimate of drug-likeness (QED) is 0.693. The first-order valence-corrected chi connectivity index (χ1v) is 7.02. The highest BCUT2D eigenvalue weighted by molar-refractivity contribution is 7.09. The summed E-state index contributed by atoms with van der Waals surface area (Å²) in [6.45, 7) is 6.49. The van der Waals surface area contributed by atoms with Gasteiger partial charge < -0.3 is 15.8 Å². The number of nitrogens with two attached hydrogens (primary N) is 1. The van der Waals surface area contributed by atoms with E-state index >= 15 is 0 Å². The van der Waals surface area contributed by atoms with E-state index < -0.39 is 0 Å². The van der Waals surface area contributed by atoms with Crippen LogP contribution in [0.4, 0.5) is 0 Å². The van der Waals surface area contributed by atoms with Crippen LogP contribution in [0.3, 0.4) is 0 Å². The van der Waals surface area contributed by atoms with Gasteiger partial charge in [-0.05, 0) is 12.5 Å². The number of hydrogen-bond donors (Lipinski definition) is 2. The van der Waals surface area contributed by atoms with Crippen LogP contribution in [-0.2, 0) is 11.2 Å². The summed E-state index contributed by atoms with van der Waals surface area (Å²) in [5.74, 6) is 0.362. The van der Waals surface area contributed by atoms with Gasteiger partial charge in [0.25, 0.3) is 5.91 Å². The van der Waals surface area contributed by atoms with Gasteiger partial charge in [0.1, 0.15) is 5.69 Å². The van der Waals surface area contributed by atoms with Crippen molar-refractivity contribution in [3.8, 4) is 0 Å². The molecule has 0 fully saturated rings. The lowest BCUT2D eigenvalue weighted by atomic mass is 10.2. The third-order valence-corrected chi connectivity index (χ3v) is 3.03. The third-order valence-electron chi connectivity index (χ3n) is 2.13. The van der Waals surface area contributed by atoms with Gasteiger partial charge in [0, 0.05) is 25.0 Å². The minimum Gasteiger partial charge on any atom is -0.379 e. The zero-order chi connectivity index (χ0) is 13.4. The molecule has 0 radical (unpaired) electrons. The van der Waals surface area contributed by atoms with E-state index in [9.17, 15) is 4.79 Å². The second kappa shape index (κ2) is 8.18. The Balaban J connectivity index is 2.23. The van der Waals surface area contributed by atoms with Gasteiger partial charge in [-0.15, -0.1) is 11.3 Å². The van der Waals surface area contributed by atoms with E-state index in [2.05, 4.69) is 24.1 Å². The van der Waals surface area contributed by atoms with Crippen LogP contribution in [0.25, 0.3) is 0 Å². The molecule has 0 aliphatic carbocycles. The summed E-state index contributed by atoms with van der Waals surface area (Å²) in [5, 5.41) is 5.44. The lowest BCUT2D eigenvalue weighted by Crippen LogP contribution is -2.28. The summed E-state index contributed by atoms with van der Waals surface area (Å²) in [5.41, 5.74) is 5.90. The molecule has 1 heterocycles. The smallest absolute Gasteiger partial charge is 0.270 e. The number of nitrogens with zero attached hydrogens (tertiary/aromatic N) is 1. The van der Waals surface area contributed by atoms with Gasteiger partial charge in [0.15, 0.2) is 0 Å². The SMILES string of the molecule is CC(C)COCCNC(=O)c1csc(CCN)n1. The van der Waals surface area contributed by atoms with Crippen LogP contribution in [0.1, 0.15) is 29.3 Å². The van der Waals surface area contributed by atoms with Crippen molar-refractivity contribution in [1.29, 1.82) is 0 Å². The van der Waals surface area contributed by atoms with E-state index in [0.717, 1.165) is 11.4 Å². The number of rotatable bonds is 8. The Kier molecular flexibility index (Phi) is 6.85. The number of nitrogens with one attached hydrogen (secondary N) is 1. The van der Waals surface area contributed by atoms with Crippen molar-refractivity contribution >= 4 is 17.2 Å². The van der Waals surface area contributed by atoms with Crippen LogP contribution in [0.15, 0.2) is 5.38 Å². The number of carbonyl (C=O) groups excluding carboxylic acids is 1. The zero-order valence-electron chi connectivity index (χ0n) is 10.9. The molecule has 1 aromatic heterocycles.